The number of methoxy groups -OCH3 is 1. The number of carbonyl (C=O) groups excluding carboxylic acids is 1. The number of halogens is 1. The normalized spacial score (nSPS) is 20.1. The molecule has 0 bridgehead atoms. The lowest BCUT2D eigenvalue weighted by atomic mass is 10.0. The molecule has 2 saturated heterocycles. The molecule has 5 rings (SSSR count). The van der Waals surface area contributed by atoms with Crippen molar-refractivity contribution in [2.75, 3.05) is 38.2 Å². The van der Waals surface area contributed by atoms with Crippen molar-refractivity contribution >= 4 is 40.2 Å². The summed E-state index contributed by atoms with van der Waals surface area (Å²) in [4.78, 5) is 35.1. The molecule has 2 N–H and O–H groups in total. The predicted molar refractivity (Wildman–Crippen MR) is 121 cm³/mol. The first-order valence-electron chi connectivity index (χ1n) is 10.5. The van der Waals surface area contributed by atoms with Gasteiger partial charge < -0.3 is 24.6 Å². The number of benzene rings is 1. The minimum Gasteiger partial charge on any atom is -0.480 e. The summed E-state index contributed by atoms with van der Waals surface area (Å²) in [6.45, 7) is 4.91. The van der Waals surface area contributed by atoms with Crippen molar-refractivity contribution in [2.45, 2.75) is 6.92 Å². The van der Waals surface area contributed by atoms with Crippen LogP contribution >= 0.6 is 11.6 Å². The summed E-state index contributed by atoms with van der Waals surface area (Å²) in [5.41, 5.74) is 2.20. The van der Waals surface area contributed by atoms with Crippen LogP contribution in [0.4, 0.5) is 5.82 Å². The summed E-state index contributed by atoms with van der Waals surface area (Å²) in [6.07, 6.45) is 1.46. The number of rotatable bonds is 4. The maximum absolute atomic E-state index is 11.7. The first kappa shape index (κ1) is 20.6. The Morgan fingerprint density at radius 3 is 2.50 bits per heavy atom. The number of aromatic nitrogens is 2. The number of carbonyl (C=O) groups is 2. The average molecular weight is 455 g/mol. The second-order valence-electron chi connectivity index (χ2n) is 8.46. The maximum atomic E-state index is 11.7. The monoisotopic (exact) mass is 454 g/mol. The maximum Gasteiger partial charge on any atom is 0.337 e. The van der Waals surface area contributed by atoms with E-state index in [2.05, 4.69) is 9.88 Å². The van der Waals surface area contributed by atoms with Gasteiger partial charge in [-0.3, -0.25) is 4.79 Å². The molecule has 2 atom stereocenters. The molecule has 0 unspecified atom stereocenters. The second-order valence-corrected chi connectivity index (χ2v) is 8.87. The van der Waals surface area contributed by atoms with Gasteiger partial charge in [0.05, 0.1) is 17.7 Å². The Balaban J connectivity index is 1.46. The molecule has 1 aromatic carbocycles. The highest BCUT2D eigenvalue weighted by atomic mass is 35.5. The molecule has 4 heterocycles. The molecule has 0 aliphatic carbocycles. The Bertz CT molecular complexity index is 1230. The van der Waals surface area contributed by atoms with E-state index in [0.717, 1.165) is 32.0 Å². The topological polar surface area (TPSA) is 98.8 Å². The molecule has 0 saturated carbocycles. The second kappa shape index (κ2) is 7.70. The number of fused-ring (bicyclic) bond motifs is 2. The highest BCUT2D eigenvalue weighted by Gasteiger charge is 2.41. The van der Waals surface area contributed by atoms with Crippen LogP contribution in [0.1, 0.15) is 17.3 Å². The molecule has 2 aliphatic rings. The Labute approximate surface area is 189 Å². The van der Waals surface area contributed by atoms with E-state index in [-0.39, 0.29) is 11.5 Å². The smallest absolute Gasteiger partial charge is 0.337 e. The number of hydrogen-bond acceptors (Lipinski definition) is 5. The Kier molecular flexibility index (Phi) is 4.97. The van der Waals surface area contributed by atoms with Crippen molar-refractivity contribution in [3.8, 4) is 17.0 Å². The van der Waals surface area contributed by atoms with Gasteiger partial charge in [0, 0.05) is 73.2 Å². The van der Waals surface area contributed by atoms with Gasteiger partial charge in [0.1, 0.15) is 5.82 Å². The van der Waals surface area contributed by atoms with Gasteiger partial charge in [-0.2, -0.15) is 4.98 Å². The Morgan fingerprint density at radius 2 is 1.88 bits per heavy atom. The fraction of sp³-hybridized carbons (Fsp3) is 0.348. The van der Waals surface area contributed by atoms with E-state index in [1.807, 2.05) is 17.0 Å². The quantitative estimate of drug-likeness (QED) is 0.626. The minimum atomic E-state index is -1.01. The van der Waals surface area contributed by atoms with Gasteiger partial charge in [-0.05, 0) is 24.3 Å². The zero-order valence-corrected chi connectivity index (χ0v) is 18.5. The average Bonchev–Trinajstić information content (AvgIpc) is 3.45. The van der Waals surface area contributed by atoms with E-state index < -0.39 is 5.97 Å². The van der Waals surface area contributed by atoms with E-state index in [9.17, 15) is 14.7 Å². The van der Waals surface area contributed by atoms with E-state index >= 15 is 0 Å². The van der Waals surface area contributed by atoms with Crippen LogP contribution in [0.5, 0.6) is 5.88 Å². The number of pyridine rings is 1. The number of aromatic amines is 1. The van der Waals surface area contributed by atoms with Crippen LogP contribution in [0.2, 0.25) is 5.02 Å². The van der Waals surface area contributed by atoms with Crippen LogP contribution in [0.25, 0.3) is 22.0 Å². The summed E-state index contributed by atoms with van der Waals surface area (Å²) < 4.78 is 5.60. The largest absolute Gasteiger partial charge is 0.480 e. The first-order chi connectivity index (χ1) is 15.4. The van der Waals surface area contributed by atoms with Crippen LogP contribution in [-0.4, -0.2) is 65.1 Å². The molecule has 1 amide bonds. The van der Waals surface area contributed by atoms with E-state index in [4.69, 9.17) is 21.3 Å². The molecule has 166 valence electrons. The molecule has 2 aromatic heterocycles. The number of aromatic carboxylic acids is 1. The van der Waals surface area contributed by atoms with Crippen molar-refractivity contribution in [1.29, 1.82) is 0 Å². The van der Waals surface area contributed by atoms with Crippen LogP contribution < -0.4 is 9.64 Å². The number of nitrogens with zero attached hydrogens (tertiary/aromatic N) is 3. The molecule has 2 aliphatic heterocycles. The highest BCUT2D eigenvalue weighted by molar-refractivity contribution is 6.34. The first-order valence-corrected chi connectivity index (χ1v) is 10.8. The van der Waals surface area contributed by atoms with E-state index in [1.165, 1.54) is 6.20 Å². The summed E-state index contributed by atoms with van der Waals surface area (Å²) in [7, 11) is 1.56. The van der Waals surface area contributed by atoms with Gasteiger partial charge in [0.15, 0.2) is 0 Å². The third-order valence-corrected chi connectivity index (χ3v) is 6.90. The van der Waals surface area contributed by atoms with Crippen molar-refractivity contribution < 1.29 is 19.4 Å². The zero-order valence-electron chi connectivity index (χ0n) is 17.8. The summed E-state index contributed by atoms with van der Waals surface area (Å²) >= 11 is 6.53. The third kappa shape index (κ3) is 3.35. The van der Waals surface area contributed by atoms with Gasteiger partial charge >= 0.3 is 5.97 Å². The number of ether oxygens (including phenoxy) is 1. The molecular weight excluding hydrogens is 432 g/mol. The van der Waals surface area contributed by atoms with E-state index in [1.54, 1.807) is 26.2 Å². The Hall–Kier alpha value is -3.26. The molecule has 2 fully saturated rings. The number of carboxylic acids is 1. The fourth-order valence-corrected chi connectivity index (χ4v) is 5.20. The van der Waals surface area contributed by atoms with Crippen LogP contribution in [0, 0.1) is 11.8 Å². The number of hydrogen-bond donors (Lipinski definition) is 2. The number of amides is 1. The van der Waals surface area contributed by atoms with Gasteiger partial charge in [-0.1, -0.05) is 11.6 Å². The van der Waals surface area contributed by atoms with Crippen LogP contribution in [-0.2, 0) is 4.79 Å². The molecule has 0 spiro atoms. The lowest BCUT2D eigenvalue weighted by Gasteiger charge is -2.22. The number of H-pyrrole nitrogens is 1. The van der Waals surface area contributed by atoms with Gasteiger partial charge in [-0.25, -0.2) is 4.79 Å². The summed E-state index contributed by atoms with van der Waals surface area (Å²) in [6, 6.07) is 7.33. The minimum absolute atomic E-state index is 0.137. The van der Waals surface area contributed by atoms with Crippen LogP contribution in [0.3, 0.4) is 0 Å². The zero-order chi connectivity index (χ0) is 22.6. The van der Waals surface area contributed by atoms with Crippen molar-refractivity contribution in [1.82, 2.24) is 14.9 Å². The summed E-state index contributed by atoms with van der Waals surface area (Å²) in [5.74, 6) is 1.28. The molecular formula is C23H23ClN4O4. The number of nitrogens with one attached hydrogen (secondary N) is 1. The fourth-order valence-electron chi connectivity index (χ4n) is 4.93. The lowest BCUT2D eigenvalue weighted by molar-refractivity contribution is -0.128. The molecule has 3 aromatic rings. The van der Waals surface area contributed by atoms with Crippen molar-refractivity contribution in [3.05, 3.63) is 41.0 Å². The SMILES string of the molecule is COc1nc(N2C[C@H]3CN(C(C)=O)C[C@@H]3C2)ccc1-c1cc2c(C(=O)O)c[nH]c2cc1Cl. The lowest BCUT2D eigenvalue weighted by Crippen LogP contribution is -2.31. The number of likely N-dealkylation sites (tertiary alicyclic amines) is 1. The summed E-state index contributed by atoms with van der Waals surface area (Å²) in [5, 5.41) is 10.5. The molecule has 32 heavy (non-hydrogen) atoms. The van der Waals surface area contributed by atoms with Crippen LogP contribution in [0.15, 0.2) is 30.5 Å². The van der Waals surface area contributed by atoms with Gasteiger partial charge in [-0.15, -0.1) is 0 Å². The number of carboxylic acid groups (broad SMARTS) is 1. The van der Waals surface area contributed by atoms with Gasteiger partial charge in [0.2, 0.25) is 11.8 Å². The van der Waals surface area contributed by atoms with E-state index in [0.29, 0.717) is 44.8 Å². The van der Waals surface area contributed by atoms with Crippen molar-refractivity contribution in [3.63, 3.8) is 0 Å². The molecule has 8 nitrogen and oxygen atoms in total. The number of anilines is 1. The van der Waals surface area contributed by atoms with Gasteiger partial charge in [0.25, 0.3) is 0 Å². The molecule has 9 heteroatoms. The van der Waals surface area contributed by atoms with Crippen molar-refractivity contribution in [2.24, 2.45) is 11.8 Å². The third-order valence-electron chi connectivity index (χ3n) is 6.58. The standard InChI is InChI=1S/C23H23ClN4O4/c1-12(29)27-8-13-10-28(11-14(13)9-27)21-4-3-15(22(26-21)32-2)16-5-17-18(23(30)31)7-25-20(17)6-19(16)24/h3-7,13-14,25H,8-11H2,1-2H3,(H,30,31)/t13-,14-/m1/s1. The highest BCUT2D eigenvalue weighted by Crippen LogP contribution is 2.40. The Morgan fingerprint density at radius 1 is 1.16 bits per heavy atom. The molecule has 0 radical (unpaired) electrons. The predicted octanol–water partition coefficient (Wildman–Crippen LogP) is 3.50.